The molecule has 0 spiro atoms. The molecule has 0 heterocycles. The van der Waals surface area contributed by atoms with Gasteiger partial charge in [-0.3, -0.25) is 0 Å². The molecule has 0 saturated carbocycles. The van der Waals surface area contributed by atoms with Gasteiger partial charge >= 0.3 is 0 Å². The molecule has 9 heavy (non-hydrogen) atoms. The fraction of sp³-hybridized carbons (Fsp3) is 0.750. The standard InChI is InChI=1S/C8H17P/c1-3-4-5-6-7-8-9-2/h4-5,9H,3,6-8H2,1-2H3. The molecule has 0 aliphatic heterocycles. The number of allylic oxidation sites excluding steroid dienone is 2. The fourth-order valence-electron chi connectivity index (χ4n) is 0.681. The van der Waals surface area contributed by atoms with Gasteiger partial charge in [0.05, 0.1) is 0 Å². The van der Waals surface area contributed by atoms with Crippen LogP contribution in [-0.4, -0.2) is 12.8 Å². The Bertz CT molecular complexity index is 67.0. The van der Waals surface area contributed by atoms with Crippen molar-refractivity contribution < 1.29 is 0 Å². The van der Waals surface area contributed by atoms with Gasteiger partial charge in [0, 0.05) is 0 Å². The van der Waals surface area contributed by atoms with Crippen molar-refractivity contribution in [1.82, 2.24) is 0 Å². The predicted molar refractivity (Wildman–Crippen MR) is 47.8 cm³/mol. The molecule has 0 aliphatic rings. The quantitative estimate of drug-likeness (QED) is 0.316. The molecule has 1 heteroatoms. The van der Waals surface area contributed by atoms with Crippen LogP contribution in [0.5, 0.6) is 0 Å². The zero-order valence-electron chi connectivity index (χ0n) is 6.48. The largest absolute Gasteiger partial charge is 0.125 e. The maximum Gasteiger partial charge on any atom is -0.0347 e. The van der Waals surface area contributed by atoms with Gasteiger partial charge in [0.1, 0.15) is 0 Å². The SMILES string of the molecule is CCC=CCCCPC. The molecule has 0 fully saturated rings. The van der Waals surface area contributed by atoms with Gasteiger partial charge in [0.25, 0.3) is 0 Å². The minimum absolute atomic E-state index is 1.14. The minimum Gasteiger partial charge on any atom is -0.125 e. The number of hydrogen-bond acceptors (Lipinski definition) is 0. The highest BCUT2D eigenvalue weighted by Gasteiger charge is 1.79. The van der Waals surface area contributed by atoms with Crippen molar-refractivity contribution in [3.63, 3.8) is 0 Å². The van der Waals surface area contributed by atoms with Crippen LogP contribution in [0.3, 0.4) is 0 Å². The van der Waals surface area contributed by atoms with Gasteiger partial charge in [-0.15, -0.1) is 8.58 Å². The van der Waals surface area contributed by atoms with Crippen LogP contribution in [0, 0.1) is 0 Å². The third-order valence-corrected chi connectivity index (χ3v) is 2.05. The van der Waals surface area contributed by atoms with Crippen LogP contribution in [0.2, 0.25) is 0 Å². The highest BCUT2D eigenvalue weighted by molar-refractivity contribution is 7.36. The second kappa shape index (κ2) is 8.17. The highest BCUT2D eigenvalue weighted by Crippen LogP contribution is 2.06. The Balaban J connectivity index is 2.82. The summed E-state index contributed by atoms with van der Waals surface area (Å²) >= 11 is 0. The lowest BCUT2D eigenvalue weighted by Gasteiger charge is -1.90. The zero-order chi connectivity index (χ0) is 6.95. The molecule has 0 aromatic heterocycles. The molecule has 0 aromatic rings. The van der Waals surface area contributed by atoms with Gasteiger partial charge in [0.2, 0.25) is 0 Å². The van der Waals surface area contributed by atoms with Crippen LogP contribution >= 0.6 is 8.58 Å². The second-order valence-electron chi connectivity index (χ2n) is 2.13. The van der Waals surface area contributed by atoms with E-state index in [1.54, 1.807) is 0 Å². The molecule has 0 saturated heterocycles. The van der Waals surface area contributed by atoms with Gasteiger partial charge in [-0.25, -0.2) is 0 Å². The van der Waals surface area contributed by atoms with Crippen molar-refractivity contribution >= 4 is 8.58 Å². The smallest absolute Gasteiger partial charge is 0.0347 e. The molecule has 0 aromatic carbocycles. The average molecular weight is 144 g/mol. The average Bonchev–Trinajstić information content (AvgIpc) is 1.89. The molecule has 0 aliphatic carbocycles. The van der Waals surface area contributed by atoms with Crippen LogP contribution in [0.1, 0.15) is 26.2 Å². The molecule has 0 radical (unpaired) electrons. The van der Waals surface area contributed by atoms with Crippen molar-refractivity contribution in [2.45, 2.75) is 26.2 Å². The Morgan fingerprint density at radius 1 is 1.33 bits per heavy atom. The highest BCUT2D eigenvalue weighted by atomic mass is 31.1. The molecular formula is C8H17P. The van der Waals surface area contributed by atoms with E-state index >= 15 is 0 Å². The van der Waals surface area contributed by atoms with E-state index in [0.29, 0.717) is 0 Å². The molecule has 0 nitrogen and oxygen atoms in total. The summed E-state index contributed by atoms with van der Waals surface area (Å²) in [6.07, 6.45) is 9.81. The van der Waals surface area contributed by atoms with Crippen molar-refractivity contribution in [1.29, 1.82) is 0 Å². The third-order valence-electron chi connectivity index (χ3n) is 1.20. The Hall–Kier alpha value is 0.170. The lowest BCUT2D eigenvalue weighted by atomic mass is 10.3. The number of rotatable bonds is 5. The summed E-state index contributed by atoms with van der Waals surface area (Å²) in [5.74, 6) is 0. The normalized spacial score (nSPS) is 12.2. The fourth-order valence-corrected chi connectivity index (χ4v) is 1.24. The summed E-state index contributed by atoms with van der Waals surface area (Å²) in [4.78, 5) is 0. The van der Waals surface area contributed by atoms with Crippen LogP contribution in [-0.2, 0) is 0 Å². The lowest BCUT2D eigenvalue weighted by molar-refractivity contribution is 0.962. The van der Waals surface area contributed by atoms with Crippen LogP contribution in [0.25, 0.3) is 0 Å². The Labute approximate surface area is 60.5 Å². The summed E-state index contributed by atoms with van der Waals surface area (Å²) in [5, 5.41) is 0. The first-order valence-corrected chi connectivity index (χ1v) is 5.42. The molecule has 0 amide bonds. The van der Waals surface area contributed by atoms with E-state index in [1.165, 1.54) is 25.4 Å². The monoisotopic (exact) mass is 144 g/mol. The second-order valence-corrected chi connectivity index (χ2v) is 3.33. The first-order valence-electron chi connectivity index (χ1n) is 3.71. The minimum atomic E-state index is 1.14. The molecule has 0 bridgehead atoms. The van der Waals surface area contributed by atoms with E-state index in [0.717, 1.165) is 8.58 Å². The van der Waals surface area contributed by atoms with E-state index in [1.807, 2.05) is 0 Å². The topological polar surface area (TPSA) is 0 Å². The molecule has 1 unspecified atom stereocenters. The van der Waals surface area contributed by atoms with Crippen LogP contribution in [0.15, 0.2) is 12.2 Å². The Kier molecular flexibility index (Phi) is 8.32. The maximum absolute atomic E-state index is 2.29. The first kappa shape index (κ1) is 9.17. The van der Waals surface area contributed by atoms with Gasteiger partial charge in [-0.05, 0) is 32.1 Å². The van der Waals surface area contributed by atoms with Gasteiger partial charge in [-0.1, -0.05) is 19.1 Å². The van der Waals surface area contributed by atoms with Crippen LogP contribution < -0.4 is 0 Å². The molecular weight excluding hydrogens is 127 g/mol. The summed E-state index contributed by atoms with van der Waals surface area (Å²) in [6.45, 7) is 4.45. The summed E-state index contributed by atoms with van der Waals surface area (Å²) in [6, 6.07) is 0. The summed E-state index contributed by atoms with van der Waals surface area (Å²) in [5.41, 5.74) is 0. The summed E-state index contributed by atoms with van der Waals surface area (Å²) < 4.78 is 0. The van der Waals surface area contributed by atoms with Crippen molar-refractivity contribution in [2.75, 3.05) is 12.8 Å². The van der Waals surface area contributed by atoms with E-state index in [4.69, 9.17) is 0 Å². The van der Waals surface area contributed by atoms with E-state index < -0.39 is 0 Å². The Morgan fingerprint density at radius 2 is 2.11 bits per heavy atom. The van der Waals surface area contributed by atoms with E-state index in [2.05, 4.69) is 25.7 Å². The predicted octanol–water partition coefficient (Wildman–Crippen LogP) is 3.04. The van der Waals surface area contributed by atoms with Crippen molar-refractivity contribution in [3.8, 4) is 0 Å². The van der Waals surface area contributed by atoms with E-state index in [-0.39, 0.29) is 0 Å². The van der Waals surface area contributed by atoms with Gasteiger partial charge < -0.3 is 0 Å². The Morgan fingerprint density at radius 3 is 2.67 bits per heavy atom. The van der Waals surface area contributed by atoms with E-state index in [9.17, 15) is 0 Å². The van der Waals surface area contributed by atoms with Crippen molar-refractivity contribution in [2.24, 2.45) is 0 Å². The van der Waals surface area contributed by atoms with Gasteiger partial charge in [-0.2, -0.15) is 0 Å². The molecule has 0 rings (SSSR count). The van der Waals surface area contributed by atoms with Crippen molar-refractivity contribution in [3.05, 3.63) is 12.2 Å². The first-order chi connectivity index (χ1) is 4.41. The van der Waals surface area contributed by atoms with Gasteiger partial charge in [0.15, 0.2) is 0 Å². The number of hydrogen-bond donors (Lipinski definition) is 0. The van der Waals surface area contributed by atoms with Crippen LogP contribution in [0.4, 0.5) is 0 Å². The maximum atomic E-state index is 2.29. The molecule has 1 atom stereocenters. The number of unbranched alkanes of at least 4 members (excludes halogenated alkanes) is 1. The zero-order valence-corrected chi connectivity index (χ0v) is 7.48. The molecule has 54 valence electrons. The lowest BCUT2D eigenvalue weighted by Crippen LogP contribution is -1.72. The summed E-state index contributed by atoms with van der Waals surface area (Å²) in [7, 11) is 1.14. The molecule has 0 N–H and O–H groups in total. The third kappa shape index (κ3) is 8.17.